The van der Waals surface area contributed by atoms with E-state index in [1.165, 1.54) is 18.2 Å². The van der Waals surface area contributed by atoms with Gasteiger partial charge in [-0.2, -0.15) is 0 Å². The molecule has 1 aliphatic carbocycles. The van der Waals surface area contributed by atoms with Gasteiger partial charge in [0.15, 0.2) is 11.7 Å². The SMILES string of the molecule is O=C(COC(=O)C1(c2ccccc2F)CCCC1)Nc1nc(-c2cccc([N+](=O)[O-])c2)cs1. The third-order valence-corrected chi connectivity index (χ3v) is 6.43. The minimum absolute atomic E-state index is 0.0614. The number of esters is 1. The van der Waals surface area contributed by atoms with E-state index in [0.717, 1.165) is 24.2 Å². The van der Waals surface area contributed by atoms with E-state index in [9.17, 15) is 24.1 Å². The van der Waals surface area contributed by atoms with E-state index >= 15 is 0 Å². The molecule has 2 aromatic carbocycles. The second-order valence-corrected chi connectivity index (χ2v) is 8.60. The van der Waals surface area contributed by atoms with Crippen molar-refractivity contribution >= 4 is 34.0 Å². The molecule has 1 saturated carbocycles. The zero-order valence-electron chi connectivity index (χ0n) is 17.5. The molecule has 10 heteroatoms. The number of thiazole rings is 1. The lowest BCUT2D eigenvalue weighted by molar-refractivity contribution is -0.384. The predicted molar refractivity (Wildman–Crippen MR) is 120 cm³/mol. The number of rotatable bonds is 7. The average Bonchev–Trinajstić information content (AvgIpc) is 3.49. The molecule has 170 valence electrons. The Morgan fingerprint density at radius 3 is 2.67 bits per heavy atom. The van der Waals surface area contributed by atoms with Gasteiger partial charge in [0.05, 0.1) is 16.0 Å². The van der Waals surface area contributed by atoms with Crippen molar-refractivity contribution in [3.05, 3.63) is 75.4 Å². The molecule has 1 amide bonds. The Morgan fingerprint density at radius 2 is 1.94 bits per heavy atom. The number of benzene rings is 2. The Bertz CT molecular complexity index is 1210. The van der Waals surface area contributed by atoms with Gasteiger partial charge in [-0.05, 0) is 18.9 Å². The monoisotopic (exact) mass is 469 g/mol. The first-order valence-electron chi connectivity index (χ1n) is 10.3. The highest BCUT2D eigenvalue weighted by molar-refractivity contribution is 7.14. The number of halogens is 1. The quantitative estimate of drug-likeness (QED) is 0.301. The van der Waals surface area contributed by atoms with Gasteiger partial charge in [-0.25, -0.2) is 9.37 Å². The minimum atomic E-state index is -1.08. The van der Waals surface area contributed by atoms with Crippen LogP contribution in [0.25, 0.3) is 11.3 Å². The van der Waals surface area contributed by atoms with Crippen molar-refractivity contribution in [2.75, 3.05) is 11.9 Å². The van der Waals surface area contributed by atoms with Crippen LogP contribution >= 0.6 is 11.3 Å². The number of carbonyl (C=O) groups excluding carboxylic acids is 2. The van der Waals surface area contributed by atoms with Crippen molar-refractivity contribution in [2.45, 2.75) is 31.1 Å². The molecule has 0 saturated heterocycles. The van der Waals surface area contributed by atoms with Gasteiger partial charge in [-0.15, -0.1) is 11.3 Å². The van der Waals surface area contributed by atoms with Crippen molar-refractivity contribution in [2.24, 2.45) is 0 Å². The first-order valence-corrected chi connectivity index (χ1v) is 11.2. The molecule has 0 bridgehead atoms. The molecular weight excluding hydrogens is 449 g/mol. The number of nitrogens with one attached hydrogen (secondary N) is 1. The van der Waals surface area contributed by atoms with Crippen LogP contribution in [0.1, 0.15) is 31.2 Å². The number of ether oxygens (including phenoxy) is 1. The molecule has 8 nitrogen and oxygen atoms in total. The highest BCUT2D eigenvalue weighted by atomic mass is 32.1. The Morgan fingerprint density at radius 1 is 1.18 bits per heavy atom. The zero-order chi connectivity index (χ0) is 23.4. The third kappa shape index (κ3) is 4.75. The lowest BCUT2D eigenvalue weighted by atomic mass is 9.78. The van der Waals surface area contributed by atoms with Gasteiger partial charge in [0.25, 0.3) is 11.6 Å². The van der Waals surface area contributed by atoms with Gasteiger partial charge in [-0.3, -0.25) is 25.0 Å². The summed E-state index contributed by atoms with van der Waals surface area (Å²) in [5, 5.41) is 15.4. The van der Waals surface area contributed by atoms with Crippen molar-refractivity contribution in [3.63, 3.8) is 0 Å². The maximum atomic E-state index is 14.4. The van der Waals surface area contributed by atoms with Crippen LogP contribution in [0.2, 0.25) is 0 Å². The van der Waals surface area contributed by atoms with E-state index in [2.05, 4.69) is 10.3 Å². The minimum Gasteiger partial charge on any atom is -0.455 e. The van der Waals surface area contributed by atoms with Crippen molar-refractivity contribution in [1.82, 2.24) is 4.98 Å². The van der Waals surface area contributed by atoms with E-state index in [0.29, 0.717) is 29.7 Å². The van der Waals surface area contributed by atoms with Crippen LogP contribution in [-0.4, -0.2) is 28.4 Å². The maximum absolute atomic E-state index is 14.4. The Balaban J connectivity index is 1.40. The van der Waals surface area contributed by atoms with Gasteiger partial charge in [0.2, 0.25) is 0 Å². The number of hydrogen-bond acceptors (Lipinski definition) is 7. The first-order chi connectivity index (χ1) is 15.9. The number of nitro benzene ring substituents is 1. The summed E-state index contributed by atoms with van der Waals surface area (Å²) >= 11 is 1.14. The lowest BCUT2D eigenvalue weighted by Crippen LogP contribution is -2.37. The molecular formula is C23H20FN3O5S. The lowest BCUT2D eigenvalue weighted by Gasteiger charge is -2.27. The molecule has 1 aliphatic rings. The average molecular weight is 469 g/mol. The van der Waals surface area contributed by atoms with Crippen molar-refractivity contribution in [3.8, 4) is 11.3 Å². The molecule has 33 heavy (non-hydrogen) atoms. The number of aromatic nitrogens is 1. The third-order valence-electron chi connectivity index (χ3n) is 5.67. The van der Waals surface area contributed by atoms with Crippen LogP contribution in [-0.2, 0) is 19.7 Å². The Kier molecular flexibility index (Phi) is 6.45. The summed E-state index contributed by atoms with van der Waals surface area (Å²) in [7, 11) is 0. The second-order valence-electron chi connectivity index (χ2n) is 7.74. The van der Waals surface area contributed by atoms with Gasteiger partial charge < -0.3 is 4.74 Å². The molecule has 1 N–H and O–H groups in total. The number of nitro groups is 1. The second kappa shape index (κ2) is 9.45. The molecule has 1 heterocycles. The standard InChI is InChI=1S/C23H20FN3O5S/c24-18-9-2-1-8-17(18)23(10-3-4-11-23)21(29)32-13-20(28)26-22-25-19(14-33-22)15-6-5-7-16(12-15)27(30)31/h1-2,5-9,12,14H,3-4,10-11,13H2,(H,25,26,28). The summed E-state index contributed by atoms with van der Waals surface area (Å²) in [5.74, 6) is -1.65. The van der Waals surface area contributed by atoms with Crippen LogP contribution in [0.3, 0.4) is 0 Å². The topological polar surface area (TPSA) is 111 Å². The molecule has 3 aromatic rings. The highest BCUT2D eigenvalue weighted by Crippen LogP contribution is 2.43. The fourth-order valence-electron chi connectivity index (χ4n) is 4.08. The molecule has 0 radical (unpaired) electrons. The molecule has 0 unspecified atom stereocenters. The zero-order valence-corrected chi connectivity index (χ0v) is 18.3. The fourth-order valence-corrected chi connectivity index (χ4v) is 4.81. The summed E-state index contributed by atoms with van der Waals surface area (Å²) in [4.78, 5) is 40.0. The van der Waals surface area contributed by atoms with Gasteiger partial charge in [0.1, 0.15) is 5.82 Å². The van der Waals surface area contributed by atoms with Crippen LogP contribution in [0, 0.1) is 15.9 Å². The van der Waals surface area contributed by atoms with Crippen LogP contribution < -0.4 is 5.32 Å². The summed E-state index contributed by atoms with van der Waals surface area (Å²) in [6.45, 7) is -0.527. The number of non-ortho nitro benzene ring substituents is 1. The number of nitrogens with zero attached hydrogens (tertiary/aromatic N) is 2. The largest absolute Gasteiger partial charge is 0.455 e. The van der Waals surface area contributed by atoms with Crippen LogP contribution in [0.4, 0.5) is 15.2 Å². The summed E-state index contributed by atoms with van der Waals surface area (Å²) in [5.41, 5.74) is 0.172. The van der Waals surface area contributed by atoms with E-state index in [4.69, 9.17) is 4.74 Å². The van der Waals surface area contributed by atoms with Crippen molar-refractivity contribution < 1.29 is 23.6 Å². The van der Waals surface area contributed by atoms with E-state index in [1.807, 2.05) is 0 Å². The van der Waals surface area contributed by atoms with Crippen LogP contribution in [0.15, 0.2) is 53.9 Å². The predicted octanol–water partition coefficient (Wildman–Crippen LogP) is 4.85. The number of hydrogen-bond donors (Lipinski definition) is 1. The Labute approximate surface area is 192 Å². The maximum Gasteiger partial charge on any atom is 0.317 e. The molecule has 4 rings (SSSR count). The van der Waals surface area contributed by atoms with Gasteiger partial charge in [-0.1, -0.05) is 43.2 Å². The normalized spacial score (nSPS) is 14.6. The molecule has 1 fully saturated rings. The van der Waals surface area contributed by atoms with Crippen LogP contribution in [0.5, 0.6) is 0 Å². The number of amides is 1. The highest BCUT2D eigenvalue weighted by Gasteiger charge is 2.46. The molecule has 0 atom stereocenters. The van der Waals surface area contributed by atoms with Gasteiger partial charge in [0, 0.05) is 28.6 Å². The smallest absolute Gasteiger partial charge is 0.317 e. The molecule has 0 spiro atoms. The van der Waals surface area contributed by atoms with E-state index < -0.39 is 34.6 Å². The fraction of sp³-hybridized carbons (Fsp3) is 0.261. The summed E-state index contributed by atoms with van der Waals surface area (Å²) in [6.07, 6.45) is 2.48. The Hall–Kier alpha value is -3.66. The van der Waals surface area contributed by atoms with E-state index in [-0.39, 0.29) is 10.8 Å². The summed E-state index contributed by atoms with van der Waals surface area (Å²) in [6, 6.07) is 12.2. The number of anilines is 1. The number of carbonyl (C=O) groups is 2. The molecule has 1 aromatic heterocycles. The van der Waals surface area contributed by atoms with Gasteiger partial charge >= 0.3 is 5.97 Å². The molecule has 0 aliphatic heterocycles. The first kappa shape index (κ1) is 22.5. The van der Waals surface area contributed by atoms with E-state index in [1.54, 1.807) is 35.7 Å². The van der Waals surface area contributed by atoms with Crippen molar-refractivity contribution in [1.29, 1.82) is 0 Å². The summed E-state index contributed by atoms with van der Waals surface area (Å²) < 4.78 is 19.7.